The van der Waals surface area contributed by atoms with Gasteiger partial charge in [-0.3, -0.25) is 4.79 Å². The van der Waals surface area contributed by atoms with Crippen LogP contribution >= 0.6 is 0 Å². The molecule has 2 atom stereocenters. The molecular weight excluding hydrogens is 150 g/mol. The Labute approximate surface area is 70.6 Å². The van der Waals surface area contributed by atoms with Crippen molar-refractivity contribution in [3.8, 4) is 0 Å². The number of carbonyl (C=O) groups excluding carboxylic acids is 1. The molecule has 1 aliphatic heterocycles. The second kappa shape index (κ2) is 1.89. The van der Waals surface area contributed by atoms with Crippen molar-refractivity contribution < 1.29 is 4.79 Å². The molecule has 1 amide bonds. The highest BCUT2D eigenvalue weighted by Gasteiger charge is 2.47. The fraction of sp³-hybridized carbons (Fsp3) is 0.300. The highest BCUT2D eigenvalue weighted by atomic mass is 16.2. The summed E-state index contributed by atoms with van der Waals surface area (Å²) in [5.74, 6) is 1.01. The van der Waals surface area contributed by atoms with E-state index in [-0.39, 0.29) is 11.8 Å². The molecular formula is C10H9NO. The quantitative estimate of drug-likeness (QED) is 0.613. The van der Waals surface area contributed by atoms with Crippen LogP contribution in [-0.2, 0) is 4.79 Å². The van der Waals surface area contributed by atoms with Crippen LogP contribution in [0.3, 0.4) is 0 Å². The molecule has 60 valence electrons. The normalized spacial score (nSPS) is 30.2. The molecule has 1 saturated carbocycles. The number of nitrogens with one attached hydrogen (secondary N) is 1. The zero-order valence-corrected chi connectivity index (χ0v) is 6.58. The molecule has 0 spiro atoms. The van der Waals surface area contributed by atoms with Crippen molar-refractivity contribution in [3.63, 3.8) is 0 Å². The molecule has 2 nitrogen and oxygen atoms in total. The maximum absolute atomic E-state index is 11.3. The van der Waals surface area contributed by atoms with Gasteiger partial charge in [0, 0.05) is 11.6 Å². The number of hydrogen-bond donors (Lipinski definition) is 1. The van der Waals surface area contributed by atoms with E-state index in [2.05, 4.69) is 11.4 Å². The van der Waals surface area contributed by atoms with Gasteiger partial charge in [0.15, 0.2) is 0 Å². The summed E-state index contributed by atoms with van der Waals surface area (Å²) < 4.78 is 0. The summed E-state index contributed by atoms with van der Waals surface area (Å²) >= 11 is 0. The Hall–Kier alpha value is -1.31. The molecule has 2 unspecified atom stereocenters. The van der Waals surface area contributed by atoms with Crippen molar-refractivity contribution in [3.05, 3.63) is 29.8 Å². The lowest BCUT2D eigenvalue weighted by Crippen LogP contribution is -2.19. The molecule has 1 aliphatic carbocycles. The van der Waals surface area contributed by atoms with Gasteiger partial charge in [0.05, 0.1) is 0 Å². The first-order valence-electron chi connectivity index (χ1n) is 4.26. The van der Waals surface area contributed by atoms with E-state index in [4.69, 9.17) is 0 Å². The molecule has 1 aromatic rings. The van der Waals surface area contributed by atoms with Crippen LogP contribution in [0.5, 0.6) is 0 Å². The third-order valence-electron chi connectivity index (χ3n) is 2.75. The fourth-order valence-corrected chi connectivity index (χ4v) is 1.99. The summed E-state index contributed by atoms with van der Waals surface area (Å²) in [6.45, 7) is 0. The third kappa shape index (κ3) is 0.670. The van der Waals surface area contributed by atoms with Gasteiger partial charge in [-0.2, -0.15) is 0 Å². The standard InChI is InChI=1S/C10H9NO/c12-10-8-5-7(8)6-3-1-2-4-9(6)11-10/h1-4,7-8H,5H2,(H,11,12). The van der Waals surface area contributed by atoms with Gasteiger partial charge in [0.1, 0.15) is 0 Å². The number of rotatable bonds is 0. The summed E-state index contributed by atoms with van der Waals surface area (Å²) in [4.78, 5) is 11.3. The number of fused-ring (bicyclic) bond motifs is 3. The van der Waals surface area contributed by atoms with Crippen molar-refractivity contribution in [2.45, 2.75) is 12.3 Å². The highest BCUT2D eigenvalue weighted by molar-refractivity contribution is 5.99. The lowest BCUT2D eigenvalue weighted by atomic mass is 10.0. The van der Waals surface area contributed by atoms with Crippen LogP contribution in [0.15, 0.2) is 24.3 Å². The molecule has 12 heavy (non-hydrogen) atoms. The minimum absolute atomic E-state index is 0.207. The van der Waals surface area contributed by atoms with Crippen molar-refractivity contribution in [2.24, 2.45) is 5.92 Å². The number of para-hydroxylation sites is 1. The lowest BCUT2D eigenvalue weighted by Gasteiger charge is -2.14. The van der Waals surface area contributed by atoms with Crippen LogP contribution in [0, 0.1) is 5.92 Å². The van der Waals surface area contributed by atoms with Gasteiger partial charge in [-0.25, -0.2) is 0 Å². The minimum atomic E-state index is 0.207. The van der Waals surface area contributed by atoms with E-state index in [1.807, 2.05) is 18.2 Å². The van der Waals surface area contributed by atoms with E-state index < -0.39 is 0 Å². The van der Waals surface area contributed by atoms with Gasteiger partial charge >= 0.3 is 0 Å². The van der Waals surface area contributed by atoms with E-state index in [1.165, 1.54) is 5.56 Å². The molecule has 2 heteroatoms. The van der Waals surface area contributed by atoms with Crippen molar-refractivity contribution in [2.75, 3.05) is 5.32 Å². The molecule has 0 radical (unpaired) electrons. The molecule has 2 aliphatic rings. The topological polar surface area (TPSA) is 29.1 Å². The Morgan fingerprint density at radius 3 is 3.00 bits per heavy atom. The monoisotopic (exact) mass is 159 g/mol. The number of carbonyl (C=O) groups is 1. The summed E-state index contributed by atoms with van der Waals surface area (Å²) in [5, 5.41) is 2.91. The summed E-state index contributed by atoms with van der Waals surface area (Å²) in [6.07, 6.45) is 1.04. The maximum atomic E-state index is 11.3. The second-order valence-electron chi connectivity index (χ2n) is 3.53. The Balaban J connectivity index is 2.16. The third-order valence-corrected chi connectivity index (χ3v) is 2.75. The average molecular weight is 159 g/mol. The maximum Gasteiger partial charge on any atom is 0.228 e. The van der Waals surface area contributed by atoms with E-state index in [9.17, 15) is 4.79 Å². The van der Waals surface area contributed by atoms with E-state index >= 15 is 0 Å². The van der Waals surface area contributed by atoms with Crippen LogP contribution in [0.1, 0.15) is 17.9 Å². The smallest absolute Gasteiger partial charge is 0.228 e. The molecule has 1 aromatic carbocycles. The number of benzene rings is 1. The summed E-state index contributed by atoms with van der Waals surface area (Å²) in [7, 11) is 0. The first-order chi connectivity index (χ1) is 5.86. The van der Waals surface area contributed by atoms with Gasteiger partial charge < -0.3 is 5.32 Å². The molecule has 3 rings (SSSR count). The Morgan fingerprint density at radius 1 is 1.25 bits per heavy atom. The average Bonchev–Trinajstić information content (AvgIpc) is 2.84. The molecule has 0 aromatic heterocycles. The zero-order chi connectivity index (χ0) is 8.13. The summed E-state index contributed by atoms with van der Waals surface area (Å²) in [6, 6.07) is 8.08. The number of anilines is 1. The highest BCUT2D eigenvalue weighted by Crippen LogP contribution is 2.53. The van der Waals surface area contributed by atoms with Crippen LogP contribution in [0.25, 0.3) is 0 Å². The van der Waals surface area contributed by atoms with Crippen LogP contribution in [-0.4, -0.2) is 5.91 Å². The Bertz CT molecular complexity index is 359. The predicted octanol–water partition coefficient (Wildman–Crippen LogP) is 1.74. The van der Waals surface area contributed by atoms with Gasteiger partial charge in [0.2, 0.25) is 5.91 Å². The van der Waals surface area contributed by atoms with Crippen molar-refractivity contribution >= 4 is 11.6 Å². The number of hydrogen-bond acceptors (Lipinski definition) is 1. The molecule has 0 bridgehead atoms. The Kier molecular flexibility index (Phi) is 0.980. The fourth-order valence-electron chi connectivity index (χ4n) is 1.99. The second-order valence-corrected chi connectivity index (χ2v) is 3.53. The Morgan fingerprint density at radius 2 is 2.08 bits per heavy atom. The van der Waals surface area contributed by atoms with Crippen molar-refractivity contribution in [1.29, 1.82) is 0 Å². The summed E-state index contributed by atoms with van der Waals surface area (Å²) in [5.41, 5.74) is 2.34. The number of amides is 1. The first-order valence-corrected chi connectivity index (χ1v) is 4.26. The van der Waals surface area contributed by atoms with Gasteiger partial charge in [-0.15, -0.1) is 0 Å². The zero-order valence-electron chi connectivity index (χ0n) is 6.58. The molecule has 0 saturated heterocycles. The molecule has 1 N–H and O–H groups in total. The van der Waals surface area contributed by atoms with E-state index in [0.29, 0.717) is 5.92 Å². The van der Waals surface area contributed by atoms with E-state index in [0.717, 1.165) is 12.1 Å². The first kappa shape index (κ1) is 6.23. The predicted molar refractivity (Wildman–Crippen MR) is 45.9 cm³/mol. The molecule has 1 fully saturated rings. The van der Waals surface area contributed by atoms with Crippen LogP contribution < -0.4 is 5.32 Å². The van der Waals surface area contributed by atoms with Gasteiger partial charge in [-0.05, 0) is 24.0 Å². The van der Waals surface area contributed by atoms with Gasteiger partial charge in [0.25, 0.3) is 0 Å². The van der Waals surface area contributed by atoms with Crippen LogP contribution in [0.4, 0.5) is 5.69 Å². The van der Waals surface area contributed by atoms with Crippen LogP contribution in [0.2, 0.25) is 0 Å². The van der Waals surface area contributed by atoms with Crippen molar-refractivity contribution in [1.82, 2.24) is 0 Å². The van der Waals surface area contributed by atoms with E-state index in [1.54, 1.807) is 0 Å². The SMILES string of the molecule is O=C1Nc2ccccc2C2CC12. The minimum Gasteiger partial charge on any atom is -0.326 e. The lowest BCUT2D eigenvalue weighted by molar-refractivity contribution is -0.117. The largest absolute Gasteiger partial charge is 0.326 e. The van der Waals surface area contributed by atoms with Gasteiger partial charge in [-0.1, -0.05) is 18.2 Å². The molecule has 1 heterocycles.